The van der Waals surface area contributed by atoms with Gasteiger partial charge < -0.3 is 11.1 Å². The highest BCUT2D eigenvalue weighted by atomic mass is 35.5. The number of rotatable bonds is 5. The number of primary amides is 1. The van der Waals surface area contributed by atoms with Gasteiger partial charge in [-0.3, -0.25) is 4.79 Å². The number of carbonyl (C=O) groups excluding carboxylic acids is 1. The van der Waals surface area contributed by atoms with Gasteiger partial charge >= 0.3 is 0 Å². The first-order chi connectivity index (χ1) is 9.98. The molecule has 0 fully saturated rings. The lowest BCUT2D eigenvalue weighted by Crippen LogP contribution is -2.47. The monoisotopic (exact) mass is 306 g/mol. The fraction of sp³-hybridized carbons (Fsp3) is 0.188. The normalized spacial score (nSPS) is 13.5. The van der Waals surface area contributed by atoms with Gasteiger partial charge in [0.15, 0.2) is 0 Å². The second-order valence-electron chi connectivity index (χ2n) is 4.77. The number of carbonyl (C=O) groups is 1. The number of nitrogens with two attached hydrogens (primary N) is 1. The first kappa shape index (κ1) is 15.3. The summed E-state index contributed by atoms with van der Waals surface area (Å²) >= 11 is 6.01. The molecule has 0 spiro atoms. The fourth-order valence-corrected chi connectivity index (χ4v) is 2.47. The molecule has 0 saturated carbocycles. The number of hydrogen-bond donors (Lipinski definition) is 2. The zero-order chi connectivity index (χ0) is 15.5. The minimum atomic E-state index is -1.09. The Bertz CT molecular complexity index is 645. The standard InChI is InChI=1S/C16H16ClFN2O/c1-2-16(15(19)21,11-4-3-5-12(17)10-11)20-14-8-6-13(18)7-9-14/h3-10,20H,2H2,1H3,(H2,19,21). The third-order valence-electron chi connectivity index (χ3n) is 3.47. The molecule has 1 unspecified atom stereocenters. The molecule has 0 aliphatic rings. The van der Waals surface area contributed by atoms with Crippen molar-refractivity contribution in [2.45, 2.75) is 18.9 Å². The van der Waals surface area contributed by atoms with Gasteiger partial charge in [-0.05, 0) is 48.4 Å². The summed E-state index contributed by atoms with van der Waals surface area (Å²) in [4.78, 5) is 12.1. The maximum Gasteiger partial charge on any atom is 0.247 e. The quantitative estimate of drug-likeness (QED) is 0.885. The van der Waals surface area contributed by atoms with Crippen molar-refractivity contribution in [2.24, 2.45) is 5.73 Å². The average Bonchev–Trinajstić information content (AvgIpc) is 2.46. The molecular formula is C16H16ClFN2O. The third-order valence-corrected chi connectivity index (χ3v) is 3.71. The van der Waals surface area contributed by atoms with Crippen molar-refractivity contribution in [3.05, 3.63) is 64.9 Å². The van der Waals surface area contributed by atoms with Gasteiger partial charge in [-0.25, -0.2) is 4.39 Å². The van der Waals surface area contributed by atoms with Crippen LogP contribution >= 0.6 is 11.6 Å². The molecule has 0 radical (unpaired) electrons. The van der Waals surface area contributed by atoms with Crippen molar-refractivity contribution >= 4 is 23.2 Å². The lowest BCUT2D eigenvalue weighted by Gasteiger charge is -2.32. The lowest BCUT2D eigenvalue weighted by atomic mass is 9.86. The van der Waals surface area contributed by atoms with E-state index in [9.17, 15) is 9.18 Å². The molecule has 1 atom stereocenters. The lowest BCUT2D eigenvalue weighted by molar-refractivity contribution is -0.122. The maximum atomic E-state index is 13.0. The van der Waals surface area contributed by atoms with Crippen molar-refractivity contribution in [3.8, 4) is 0 Å². The van der Waals surface area contributed by atoms with Gasteiger partial charge in [-0.1, -0.05) is 30.7 Å². The molecule has 5 heteroatoms. The van der Waals surface area contributed by atoms with Gasteiger partial charge in [0.25, 0.3) is 0 Å². The highest BCUT2D eigenvalue weighted by molar-refractivity contribution is 6.30. The molecular weight excluding hydrogens is 291 g/mol. The Labute approximate surface area is 127 Å². The largest absolute Gasteiger partial charge is 0.368 e. The molecule has 0 aromatic heterocycles. The third kappa shape index (κ3) is 3.16. The van der Waals surface area contributed by atoms with Crippen LogP contribution in [0.3, 0.4) is 0 Å². The van der Waals surface area contributed by atoms with Crippen LogP contribution in [0.2, 0.25) is 5.02 Å². The van der Waals surface area contributed by atoms with Gasteiger partial charge in [0.2, 0.25) is 5.91 Å². The summed E-state index contributed by atoms with van der Waals surface area (Å²) in [6.07, 6.45) is 0.431. The van der Waals surface area contributed by atoms with Crippen LogP contribution in [0.15, 0.2) is 48.5 Å². The zero-order valence-electron chi connectivity index (χ0n) is 11.6. The van der Waals surface area contributed by atoms with E-state index in [0.29, 0.717) is 22.7 Å². The summed E-state index contributed by atoms with van der Waals surface area (Å²) in [7, 11) is 0. The minimum Gasteiger partial charge on any atom is -0.368 e. The predicted octanol–water partition coefficient (Wildman–Crippen LogP) is 3.68. The topological polar surface area (TPSA) is 55.1 Å². The first-order valence-corrected chi connectivity index (χ1v) is 6.95. The average molecular weight is 307 g/mol. The molecule has 0 saturated heterocycles. The Hall–Kier alpha value is -2.07. The molecule has 0 bridgehead atoms. The summed E-state index contributed by atoms with van der Waals surface area (Å²) in [5, 5.41) is 3.63. The van der Waals surface area contributed by atoms with Crippen LogP contribution in [0.5, 0.6) is 0 Å². The van der Waals surface area contributed by atoms with Gasteiger partial charge in [0.05, 0.1) is 0 Å². The molecule has 2 aromatic rings. The first-order valence-electron chi connectivity index (χ1n) is 6.57. The SMILES string of the molecule is CCC(Nc1ccc(F)cc1)(C(N)=O)c1cccc(Cl)c1. The van der Waals surface area contributed by atoms with Crippen LogP contribution in [-0.2, 0) is 10.3 Å². The van der Waals surface area contributed by atoms with Crippen LogP contribution in [-0.4, -0.2) is 5.91 Å². The molecule has 21 heavy (non-hydrogen) atoms. The van der Waals surface area contributed by atoms with Crippen molar-refractivity contribution in [3.63, 3.8) is 0 Å². The van der Waals surface area contributed by atoms with Crippen LogP contribution < -0.4 is 11.1 Å². The Morgan fingerprint density at radius 3 is 2.48 bits per heavy atom. The second-order valence-corrected chi connectivity index (χ2v) is 5.20. The molecule has 0 heterocycles. The van der Waals surface area contributed by atoms with Gasteiger partial charge in [-0.2, -0.15) is 0 Å². The number of nitrogens with one attached hydrogen (secondary N) is 1. The second kappa shape index (κ2) is 6.14. The molecule has 110 valence electrons. The highest BCUT2D eigenvalue weighted by Crippen LogP contribution is 2.31. The van der Waals surface area contributed by atoms with E-state index in [4.69, 9.17) is 17.3 Å². The van der Waals surface area contributed by atoms with Gasteiger partial charge in [0.1, 0.15) is 11.4 Å². The number of benzene rings is 2. The molecule has 2 aromatic carbocycles. The van der Waals surface area contributed by atoms with Crippen LogP contribution in [0.25, 0.3) is 0 Å². The highest BCUT2D eigenvalue weighted by Gasteiger charge is 2.36. The summed E-state index contributed by atoms with van der Waals surface area (Å²) in [5.41, 5.74) is 5.81. The minimum absolute atomic E-state index is 0.343. The van der Waals surface area contributed by atoms with Crippen LogP contribution in [0, 0.1) is 5.82 Å². The van der Waals surface area contributed by atoms with E-state index in [2.05, 4.69) is 5.32 Å². The van der Waals surface area contributed by atoms with E-state index in [1.807, 2.05) is 6.92 Å². The van der Waals surface area contributed by atoms with Gasteiger partial charge in [-0.15, -0.1) is 0 Å². The molecule has 3 N–H and O–H groups in total. The number of amides is 1. The molecule has 0 aliphatic heterocycles. The van der Waals surface area contributed by atoms with Gasteiger partial charge in [0, 0.05) is 10.7 Å². The zero-order valence-corrected chi connectivity index (χ0v) is 12.3. The van der Waals surface area contributed by atoms with Crippen molar-refractivity contribution in [1.29, 1.82) is 0 Å². The number of halogens is 2. The summed E-state index contributed by atoms with van der Waals surface area (Å²) in [6.45, 7) is 1.85. The molecule has 0 aliphatic carbocycles. The van der Waals surface area contributed by atoms with Crippen LogP contribution in [0.1, 0.15) is 18.9 Å². The Morgan fingerprint density at radius 1 is 1.29 bits per heavy atom. The maximum absolute atomic E-state index is 13.0. The number of hydrogen-bond acceptors (Lipinski definition) is 2. The van der Waals surface area contributed by atoms with Crippen molar-refractivity contribution in [2.75, 3.05) is 5.32 Å². The van der Waals surface area contributed by atoms with Crippen molar-refractivity contribution < 1.29 is 9.18 Å². The van der Waals surface area contributed by atoms with E-state index < -0.39 is 11.4 Å². The smallest absolute Gasteiger partial charge is 0.247 e. The van der Waals surface area contributed by atoms with E-state index in [1.54, 1.807) is 36.4 Å². The molecule has 1 amide bonds. The number of anilines is 1. The summed E-state index contributed by atoms with van der Waals surface area (Å²) < 4.78 is 13.0. The van der Waals surface area contributed by atoms with E-state index in [0.717, 1.165) is 0 Å². The fourth-order valence-electron chi connectivity index (χ4n) is 2.28. The summed E-state index contributed by atoms with van der Waals surface area (Å²) in [6, 6.07) is 12.7. The molecule has 2 rings (SSSR count). The van der Waals surface area contributed by atoms with Crippen molar-refractivity contribution in [1.82, 2.24) is 0 Å². The van der Waals surface area contributed by atoms with E-state index in [1.165, 1.54) is 12.1 Å². The Morgan fingerprint density at radius 2 is 1.95 bits per heavy atom. The summed E-state index contributed by atoms with van der Waals surface area (Å²) in [5.74, 6) is -0.860. The Kier molecular flexibility index (Phi) is 4.48. The molecule has 3 nitrogen and oxygen atoms in total. The Balaban J connectivity index is 2.46. The van der Waals surface area contributed by atoms with E-state index in [-0.39, 0.29) is 5.82 Å². The van der Waals surface area contributed by atoms with Crippen LogP contribution in [0.4, 0.5) is 10.1 Å². The predicted molar refractivity (Wildman–Crippen MR) is 82.6 cm³/mol. The van der Waals surface area contributed by atoms with E-state index >= 15 is 0 Å².